The second kappa shape index (κ2) is 10.7. The lowest BCUT2D eigenvalue weighted by atomic mass is 9.45. The first kappa shape index (κ1) is 27.8. The minimum atomic E-state index is -0.972. The average molecular weight is 537 g/mol. The number of carboxylic acids is 1. The monoisotopic (exact) mass is 536 g/mol. The molecule has 0 radical (unpaired) electrons. The van der Waals surface area contributed by atoms with E-state index in [1.165, 1.54) is 6.42 Å². The highest BCUT2D eigenvalue weighted by Gasteiger charge is 2.57. The number of carbonyl (C=O) groups is 2. The Hall–Kier alpha value is -2.78. The van der Waals surface area contributed by atoms with E-state index in [2.05, 4.69) is 26.1 Å². The number of nitrogens with one attached hydrogen (secondary N) is 1. The molecule has 8 nitrogen and oxygen atoms in total. The molecule has 1 saturated heterocycles. The fraction of sp³-hybridized carbons (Fsp3) is 0.548. The van der Waals surface area contributed by atoms with E-state index in [-0.39, 0.29) is 30.7 Å². The number of benzene rings is 2. The summed E-state index contributed by atoms with van der Waals surface area (Å²) in [6.07, 6.45) is 0.633. The molecule has 39 heavy (non-hydrogen) atoms. The molecule has 1 aliphatic heterocycles. The van der Waals surface area contributed by atoms with E-state index in [9.17, 15) is 24.9 Å². The predicted molar refractivity (Wildman–Crippen MR) is 146 cm³/mol. The Kier molecular flexibility index (Phi) is 7.59. The topological polar surface area (TPSA) is 119 Å². The summed E-state index contributed by atoms with van der Waals surface area (Å²) in [6.45, 7) is 8.52. The SMILES string of the molecule is C[C@H](O)[C@@H]1[C@H](CO)ON(Cc2cccc(-c3ccc(C(=O)O)cc3)c2)[C@@H]1C(=O)NC1C[C@@H]2C[C@H]([C@@H]1C)C2(C)C. The van der Waals surface area contributed by atoms with E-state index < -0.39 is 30.1 Å². The van der Waals surface area contributed by atoms with Crippen molar-refractivity contribution in [2.75, 3.05) is 6.61 Å². The van der Waals surface area contributed by atoms with Crippen molar-refractivity contribution in [2.24, 2.45) is 29.1 Å². The third kappa shape index (κ3) is 5.11. The Balaban J connectivity index is 1.36. The molecule has 1 heterocycles. The summed E-state index contributed by atoms with van der Waals surface area (Å²) in [5, 5.41) is 34.8. The fourth-order valence-corrected chi connectivity index (χ4v) is 7.32. The van der Waals surface area contributed by atoms with Gasteiger partial charge in [-0.25, -0.2) is 4.79 Å². The van der Waals surface area contributed by atoms with Crippen LogP contribution in [-0.4, -0.2) is 63.2 Å². The highest BCUT2D eigenvalue weighted by atomic mass is 16.7. The molecular weight excluding hydrogens is 496 g/mol. The van der Waals surface area contributed by atoms with Gasteiger partial charge in [-0.05, 0) is 77.8 Å². The molecule has 2 aromatic carbocycles. The molecule has 2 aromatic rings. The third-order valence-corrected chi connectivity index (χ3v) is 9.79. The first-order valence-electron chi connectivity index (χ1n) is 14.0. The Bertz CT molecular complexity index is 1210. The van der Waals surface area contributed by atoms with Gasteiger partial charge in [0.2, 0.25) is 5.91 Å². The maximum absolute atomic E-state index is 13.8. The summed E-state index contributed by atoms with van der Waals surface area (Å²) in [4.78, 5) is 31.1. The van der Waals surface area contributed by atoms with Gasteiger partial charge in [0.15, 0.2) is 0 Å². The number of aliphatic hydroxyl groups is 2. The van der Waals surface area contributed by atoms with Crippen molar-refractivity contribution in [3.8, 4) is 11.1 Å². The number of hydroxylamine groups is 2. The van der Waals surface area contributed by atoms with Crippen molar-refractivity contribution >= 4 is 11.9 Å². The van der Waals surface area contributed by atoms with E-state index in [0.717, 1.165) is 23.1 Å². The van der Waals surface area contributed by atoms with Gasteiger partial charge in [-0.2, -0.15) is 5.06 Å². The quantitative estimate of drug-likeness (QED) is 0.406. The van der Waals surface area contributed by atoms with Gasteiger partial charge in [-0.1, -0.05) is 51.1 Å². The fourth-order valence-electron chi connectivity index (χ4n) is 7.32. The van der Waals surface area contributed by atoms with Crippen LogP contribution in [0.2, 0.25) is 0 Å². The normalized spacial score (nSPS) is 32.3. The predicted octanol–water partition coefficient (Wildman–Crippen LogP) is 3.71. The van der Waals surface area contributed by atoms with E-state index in [1.54, 1.807) is 36.3 Å². The Labute approximate surface area is 229 Å². The number of fused-ring (bicyclic) bond motifs is 2. The van der Waals surface area contributed by atoms with Crippen LogP contribution in [0.25, 0.3) is 11.1 Å². The molecule has 0 spiro atoms. The van der Waals surface area contributed by atoms with Crippen LogP contribution in [0.4, 0.5) is 0 Å². The van der Waals surface area contributed by atoms with Gasteiger partial charge in [0.25, 0.3) is 0 Å². The van der Waals surface area contributed by atoms with Crippen molar-refractivity contribution in [3.05, 3.63) is 59.7 Å². The summed E-state index contributed by atoms with van der Waals surface area (Å²) in [5.74, 6) is -0.166. The van der Waals surface area contributed by atoms with Crippen molar-refractivity contribution in [1.82, 2.24) is 10.4 Å². The lowest BCUT2D eigenvalue weighted by Gasteiger charge is -2.62. The summed E-state index contributed by atoms with van der Waals surface area (Å²) >= 11 is 0. The molecule has 2 bridgehead atoms. The largest absolute Gasteiger partial charge is 0.478 e. The van der Waals surface area contributed by atoms with Gasteiger partial charge in [-0.15, -0.1) is 0 Å². The van der Waals surface area contributed by atoms with E-state index in [1.807, 2.05) is 24.3 Å². The molecule has 0 aromatic heterocycles. The van der Waals surface area contributed by atoms with Crippen LogP contribution in [0.15, 0.2) is 48.5 Å². The number of carbonyl (C=O) groups excluding carboxylic acids is 1. The zero-order valence-corrected chi connectivity index (χ0v) is 23.1. The Morgan fingerprint density at radius 1 is 1.13 bits per heavy atom. The second-order valence-electron chi connectivity index (χ2n) is 12.3. The van der Waals surface area contributed by atoms with Gasteiger partial charge < -0.3 is 20.6 Å². The molecule has 210 valence electrons. The molecule has 1 unspecified atom stereocenters. The minimum absolute atomic E-state index is 0.0797. The first-order valence-corrected chi connectivity index (χ1v) is 14.0. The molecule has 8 heteroatoms. The molecule has 4 fully saturated rings. The molecule has 3 saturated carbocycles. The van der Waals surface area contributed by atoms with Gasteiger partial charge in [0.05, 0.1) is 24.8 Å². The number of hydrogen-bond acceptors (Lipinski definition) is 6. The maximum atomic E-state index is 13.8. The van der Waals surface area contributed by atoms with Crippen LogP contribution >= 0.6 is 0 Å². The lowest BCUT2D eigenvalue weighted by molar-refractivity contribution is -0.183. The molecule has 4 aliphatic rings. The van der Waals surface area contributed by atoms with E-state index in [0.29, 0.717) is 23.2 Å². The number of aliphatic hydroxyl groups excluding tert-OH is 2. The summed E-state index contributed by atoms with van der Waals surface area (Å²) in [7, 11) is 0. The van der Waals surface area contributed by atoms with Crippen LogP contribution in [0, 0.1) is 29.1 Å². The second-order valence-corrected chi connectivity index (χ2v) is 12.3. The number of nitrogens with zero attached hydrogens (tertiary/aromatic N) is 1. The van der Waals surface area contributed by atoms with E-state index >= 15 is 0 Å². The van der Waals surface area contributed by atoms with Gasteiger partial charge in [0.1, 0.15) is 12.1 Å². The maximum Gasteiger partial charge on any atom is 0.335 e. The standard InChI is InChI=1S/C31H40N2O6/c1-17-24-13-23(31(24,3)4)14-25(17)32-29(36)28-27(18(2)35)26(16-34)39-33(28)15-19-6-5-7-22(12-19)20-8-10-21(11-9-20)30(37)38/h5-12,17-18,23-28,34-35H,13-16H2,1-4H3,(H,32,36)(H,37,38)/t17-,18-,23-,24+,25?,26-,27+,28-/m0/s1. The summed E-state index contributed by atoms with van der Waals surface area (Å²) < 4.78 is 0. The highest BCUT2D eigenvalue weighted by Crippen LogP contribution is 2.61. The van der Waals surface area contributed by atoms with Crippen LogP contribution in [0.1, 0.15) is 56.5 Å². The van der Waals surface area contributed by atoms with Crippen LogP contribution in [-0.2, 0) is 16.2 Å². The van der Waals surface area contributed by atoms with Crippen LogP contribution in [0.5, 0.6) is 0 Å². The van der Waals surface area contributed by atoms with Gasteiger partial charge in [-0.3, -0.25) is 9.63 Å². The third-order valence-electron chi connectivity index (χ3n) is 9.79. The smallest absolute Gasteiger partial charge is 0.335 e. The zero-order chi connectivity index (χ0) is 28.1. The minimum Gasteiger partial charge on any atom is -0.478 e. The van der Waals surface area contributed by atoms with Crippen LogP contribution < -0.4 is 5.32 Å². The summed E-state index contributed by atoms with van der Waals surface area (Å²) in [5.41, 5.74) is 3.22. The number of aromatic carboxylic acids is 1. The van der Waals surface area contributed by atoms with E-state index in [4.69, 9.17) is 4.84 Å². The van der Waals surface area contributed by atoms with Crippen molar-refractivity contribution in [3.63, 3.8) is 0 Å². The zero-order valence-electron chi connectivity index (χ0n) is 23.1. The number of amides is 1. The summed E-state index contributed by atoms with van der Waals surface area (Å²) in [6, 6.07) is 13.8. The van der Waals surface area contributed by atoms with Gasteiger partial charge in [0, 0.05) is 12.0 Å². The number of carboxylic acid groups (broad SMARTS) is 1. The van der Waals surface area contributed by atoms with Crippen LogP contribution in [0.3, 0.4) is 0 Å². The Morgan fingerprint density at radius 3 is 2.44 bits per heavy atom. The highest BCUT2D eigenvalue weighted by molar-refractivity contribution is 5.88. The average Bonchev–Trinajstić information content (AvgIpc) is 3.28. The first-order chi connectivity index (χ1) is 18.5. The molecule has 8 atom stereocenters. The van der Waals surface area contributed by atoms with Crippen molar-refractivity contribution in [2.45, 2.75) is 71.4 Å². The van der Waals surface area contributed by atoms with Crippen molar-refractivity contribution < 1.29 is 29.7 Å². The lowest BCUT2D eigenvalue weighted by Crippen LogP contribution is -2.62. The molecule has 3 aliphatic carbocycles. The molecule has 1 amide bonds. The molecule has 6 rings (SSSR count). The number of hydrogen-bond donors (Lipinski definition) is 4. The molecular formula is C31H40N2O6. The number of rotatable bonds is 8. The Morgan fingerprint density at radius 2 is 1.85 bits per heavy atom. The molecule has 4 N–H and O–H groups in total. The van der Waals surface area contributed by atoms with Gasteiger partial charge >= 0.3 is 5.97 Å². The van der Waals surface area contributed by atoms with Crippen molar-refractivity contribution in [1.29, 1.82) is 0 Å².